The van der Waals surface area contributed by atoms with Crippen molar-refractivity contribution < 1.29 is 4.79 Å². The minimum atomic E-state index is -0.187. The fourth-order valence-electron chi connectivity index (χ4n) is 2.22. The molecule has 0 spiro atoms. The molecule has 0 saturated carbocycles. The summed E-state index contributed by atoms with van der Waals surface area (Å²) in [7, 11) is 0. The summed E-state index contributed by atoms with van der Waals surface area (Å²) < 4.78 is 0. The second kappa shape index (κ2) is 8.43. The zero-order valence-corrected chi connectivity index (χ0v) is 14.9. The number of rotatable bonds is 7. The van der Waals surface area contributed by atoms with Gasteiger partial charge in [0, 0.05) is 18.8 Å². The Morgan fingerprint density at radius 3 is 2.50 bits per heavy atom. The van der Waals surface area contributed by atoms with Crippen molar-refractivity contribution >= 4 is 11.9 Å². The number of nitrogens with zero attached hydrogens (tertiary/aromatic N) is 2. The summed E-state index contributed by atoms with van der Waals surface area (Å²) in [5.74, 6) is 0.934. The fraction of sp³-hybridized carbons (Fsp3) is 0.421. The van der Waals surface area contributed by atoms with Crippen LogP contribution in [0, 0.1) is 19.8 Å². The maximum atomic E-state index is 12.3. The molecule has 0 unspecified atom stereocenters. The fourth-order valence-corrected chi connectivity index (χ4v) is 2.22. The van der Waals surface area contributed by atoms with Gasteiger partial charge in [-0.1, -0.05) is 43.7 Å². The number of nitrogens with one attached hydrogen (secondary N) is 2. The average Bonchev–Trinajstić information content (AvgIpc) is 2.53. The van der Waals surface area contributed by atoms with E-state index in [9.17, 15) is 4.79 Å². The maximum absolute atomic E-state index is 12.3. The zero-order valence-electron chi connectivity index (χ0n) is 14.9. The van der Waals surface area contributed by atoms with Crippen LogP contribution in [0.1, 0.15) is 47.6 Å². The van der Waals surface area contributed by atoms with Crippen LogP contribution in [-0.4, -0.2) is 22.4 Å². The summed E-state index contributed by atoms with van der Waals surface area (Å²) in [4.78, 5) is 21.0. The van der Waals surface area contributed by atoms with Gasteiger partial charge in [0.25, 0.3) is 5.91 Å². The van der Waals surface area contributed by atoms with Crippen LogP contribution >= 0.6 is 0 Å². The molecule has 2 rings (SSSR count). The molecule has 5 heteroatoms. The lowest BCUT2D eigenvalue weighted by Crippen LogP contribution is -2.24. The minimum Gasteiger partial charge on any atom is -0.354 e. The van der Waals surface area contributed by atoms with E-state index >= 15 is 0 Å². The largest absolute Gasteiger partial charge is 0.354 e. The van der Waals surface area contributed by atoms with Crippen molar-refractivity contribution in [2.24, 2.45) is 5.92 Å². The van der Waals surface area contributed by atoms with Gasteiger partial charge in [0.1, 0.15) is 5.69 Å². The van der Waals surface area contributed by atoms with E-state index in [-0.39, 0.29) is 5.91 Å². The molecule has 0 aliphatic carbocycles. The Labute approximate surface area is 143 Å². The van der Waals surface area contributed by atoms with Crippen LogP contribution in [0.25, 0.3) is 0 Å². The molecule has 1 heterocycles. The summed E-state index contributed by atoms with van der Waals surface area (Å²) in [6, 6.07) is 9.80. The highest BCUT2D eigenvalue weighted by Crippen LogP contribution is 2.08. The molecule has 2 aromatic rings. The number of hydrogen-bond donors (Lipinski definition) is 2. The van der Waals surface area contributed by atoms with Gasteiger partial charge in [-0.3, -0.25) is 4.79 Å². The van der Waals surface area contributed by atoms with Gasteiger partial charge in [-0.05, 0) is 37.8 Å². The predicted octanol–water partition coefficient (Wildman–Crippen LogP) is 3.48. The van der Waals surface area contributed by atoms with Gasteiger partial charge >= 0.3 is 0 Å². The Balaban J connectivity index is 1.97. The van der Waals surface area contributed by atoms with Gasteiger partial charge in [0.05, 0.1) is 0 Å². The number of carbonyl (C=O) groups excluding carboxylic acids is 1. The highest BCUT2D eigenvalue weighted by Gasteiger charge is 2.10. The van der Waals surface area contributed by atoms with Crippen molar-refractivity contribution in [1.29, 1.82) is 0 Å². The van der Waals surface area contributed by atoms with Crippen molar-refractivity contribution in [1.82, 2.24) is 15.3 Å². The summed E-state index contributed by atoms with van der Waals surface area (Å²) in [5.41, 5.74) is 3.43. The van der Waals surface area contributed by atoms with Crippen LogP contribution in [0.4, 0.5) is 5.95 Å². The van der Waals surface area contributed by atoms with Gasteiger partial charge in [0.15, 0.2) is 0 Å². The molecule has 0 aliphatic rings. The molecule has 2 N–H and O–H groups in total. The van der Waals surface area contributed by atoms with E-state index in [4.69, 9.17) is 0 Å². The van der Waals surface area contributed by atoms with E-state index in [1.165, 1.54) is 5.56 Å². The van der Waals surface area contributed by atoms with Crippen LogP contribution in [-0.2, 0) is 6.54 Å². The predicted molar refractivity (Wildman–Crippen MR) is 97.1 cm³/mol. The van der Waals surface area contributed by atoms with Gasteiger partial charge < -0.3 is 10.6 Å². The van der Waals surface area contributed by atoms with E-state index in [2.05, 4.69) is 34.4 Å². The summed E-state index contributed by atoms with van der Waals surface area (Å²) in [6.07, 6.45) is 1.03. The lowest BCUT2D eigenvalue weighted by molar-refractivity contribution is 0.0945. The molecule has 0 fully saturated rings. The summed E-state index contributed by atoms with van der Waals surface area (Å²) in [5, 5.41) is 6.10. The average molecular weight is 326 g/mol. The Hall–Kier alpha value is -2.43. The second-order valence-electron chi connectivity index (χ2n) is 6.50. The normalized spacial score (nSPS) is 10.7. The van der Waals surface area contributed by atoms with Crippen LogP contribution in [0.15, 0.2) is 30.3 Å². The Morgan fingerprint density at radius 2 is 1.83 bits per heavy atom. The Bertz CT molecular complexity index is 680. The van der Waals surface area contributed by atoms with Crippen LogP contribution < -0.4 is 10.6 Å². The summed E-state index contributed by atoms with van der Waals surface area (Å²) >= 11 is 0. The van der Waals surface area contributed by atoms with E-state index in [0.717, 1.165) is 24.2 Å². The molecular weight excluding hydrogens is 300 g/mol. The maximum Gasteiger partial charge on any atom is 0.270 e. The van der Waals surface area contributed by atoms with Gasteiger partial charge in [0.2, 0.25) is 5.95 Å². The number of anilines is 1. The highest BCUT2D eigenvalue weighted by molar-refractivity contribution is 5.92. The van der Waals surface area contributed by atoms with E-state index in [1.54, 1.807) is 6.07 Å². The van der Waals surface area contributed by atoms with Gasteiger partial charge in [-0.15, -0.1) is 0 Å². The molecule has 128 valence electrons. The van der Waals surface area contributed by atoms with Crippen molar-refractivity contribution in [2.75, 3.05) is 11.9 Å². The van der Waals surface area contributed by atoms with Crippen molar-refractivity contribution in [3.05, 3.63) is 52.8 Å². The lowest BCUT2D eigenvalue weighted by atomic mass is 10.1. The molecular formula is C19H26N4O. The second-order valence-corrected chi connectivity index (χ2v) is 6.50. The summed E-state index contributed by atoms with van der Waals surface area (Å²) in [6.45, 7) is 9.53. The first-order valence-corrected chi connectivity index (χ1v) is 8.37. The number of carbonyl (C=O) groups is 1. The van der Waals surface area contributed by atoms with Crippen LogP contribution in [0.3, 0.4) is 0 Å². The third kappa shape index (κ3) is 5.65. The molecule has 0 saturated heterocycles. The van der Waals surface area contributed by atoms with E-state index in [0.29, 0.717) is 24.1 Å². The zero-order chi connectivity index (χ0) is 17.5. The lowest BCUT2D eigenvalue weighted by Gasteiger charge is -2.10. The third-order valence-corrected chi connectivity index (χ3v) is 3.67. The molecule has 5 nitrogen and oxygen atoms in total. The van der Waals surface area contributed by atoms with Crippen molar-refractivity contribution in [3.63, 3.8) is 0 Å². The first kappa shape index (κ1) is 17.9. The van der Waals surface area contributed by atoms with E-state index in [1.807, 2.05) is 38.1 Å². The molecule has 0 bridgehead atoms. The topological polar surface area (TPSA) is 66.9 Å². The molecule has 0 atom stereocenters. The van der Waals surface area contributed by atoms with Gasteiger partial charge in [-0.25, -0.2) is 9.97 Å². The standard InChI is InChI=1S/C19H26N4O/c1-13(2)9-10-20-19-22-15(4)11-17(23-19)18(24)21-12-16-7-5-14(3)6-8-16/h5-8,11,13H,9-10,12H2,1-4H3,(H,21,24)(H,20,22,23). The van der Waals surface area contributed by atoms with Crippen molar-refractivity contribution in [3.8, 4) is 0 Å². The molecule has 1 amide bonds. The Kier molecular flexibility index (Phi) is 6.29. The number of hydrogen-bond acceptors (Lipinski definition) is 4. The van der Waals surface area contributed by atoms with Crippen LogP contribution in [0.5, 0.6) is 0 Å². The number of aromatic nitrogens is 2. The first-order chi connectivity index (χ1) is 11.4. The number of amides is 1. The van der Waals surface area contributed by atoms with Crippen molar-refractivity contribution in [2.45, 2.75) is 40.7 Å². The highest BCUT2D eigenvalue weighted by atomic mass is 16.1. The number of benzene rings is 1. The smallest absolute Gasteiger partial charge is 0.270 e. The molecule has 0 radical (unpaired) electrons. The van der Waals surface area contributed by atoms with Gasteiger partial charge in [-0.2, -0.15) is 0 Å². The molecule has 24 heavy (non-hydrogen) atoms. The quantitative estimate of drug-likeness (QED) is 0.817. The Morgan fingerprint density at radius 1 is 1.12 bits per heavy atom. The molecule has 1 aromatic heterocycles. The van der Waals surface area contributed by atoms with Crippen LogP contribution in [0.2, 0.25) is 0 Å². The molecule has 1 aromatic carbocycles. The SMILES string of the molecule is Cc1ccc(CNC(=O)c2cc(C)nc(NCCC(C)C)n2)cc1. The monoisotopic (exact) mass is 326 g/mol. The third-order valence-electron chi connectivity index (χ3n) is 3.67. The molecule has 0 aliphatic heterocycles. The number of aryl methyl sites for hydroxylation is 2. The minimum absolute atomic E-state index is 0.187. The first-order valence-electron chi connectivity index (χ1n) is 8.37. The van der Waals surface area contributed by atoms with E-state index < -0.39 is 0 Å².